The van der Waals surface area contributed by atoms with E-state index in [1.165, 1.54) is 0 Å². The molecule has 0 atom stereocenters. The van der Waals surface area contributed by atoms with E-state index in [1.807, 2.05) is 41.3 Å². The first-order valence-corrected chi connectivity index (χ1v) is 9.30. The average Bonchev–Trinajstić information content (AvgIpc) is 3.43. The van der Waals surface area contributed by atoms with E-state index in [9.17, 15) is 9.59 Å². The van der Waals surface area contributed by atoms with E-state index in [0.717, 1.165) is 50.2 Å². The summed E-state index contributed by atoms with van der Waals surface area (Å²) in [5.41, 5.74) is 2.27. The van der Waals surface area contributed by atoms with Crippen LogP contribution in [0.1, 0.15) is 47.8 Å². The second-order valence-corrected chi connectivity index (χ2v) is 7.28. The number of piperidine rings is 1. The number of nitrogens with zero attached hydrogens (tertiary/aromatic N) is 3. The Morgan fingerprint density at radius 1 is 1.12 bits per heavy atom. The van der Waals surface area contributed by atoms with Crippen LogP contribution in [0.3, 0.4) is 0 Å². The first-order chi connectivity index (χ1) is 12.6. The van der Waals surface area contributed by atoms with E-state index in [1.54, 1.807) is 11.9 Å². The number of benzene rings is 1. The summed E-state index contributed by atoms with van der Waals surface area (Å²) >= 11 is 0. The van der Waals surface area contributed by atoms with Gasteiger partial charge < -0.3 is 9.80 Å². The summed E-state index contributed by atoms with van der Waals surface area (Å²) < 4.78 is 0. The zero-order valence-corrected chi connectivity index (χ0v) is 15.0. The van der Waals surface area contributed by atoms with Crippen molar-refractivity contribution in [3.63, 3.8) is 0 Å². The van der Waals surface area contributed by atoms with Gasteiger partial charge in [-0.2, -0.15) is 5.10 Å². The molecular formula is C20H24N4O2. The Kier molecular flexibility index (Phi) is 4.49. The van der Waals surface area contributed by atoms with E-state index < -0.39 is 0 Å². The highest BCUT2D eigenvalue weighted by Gasteiger charge is 2.35. The molecule has 4 rings (SSSR count). The van der Waals surface area contributed by atoms with E-state index in [4.69, 9.17) is 0 Å². The number of carbonyl (C=O) groups excluding carboxylic acids is 2. The molecular weight excluding hydrogens is 328 g/mol. The lowest BCUT2D eigenvalue weighted by Gasteiger charge is -2.31. The second kappa shape index (κ2) is 6.94. The fourth-order valence-corrected chi connectivity index (χ4v) is 3.60. The Morgan fingerprint density at radius 3 is 2.46 bits per heavy atom. The van der Waals surface area contributed by atoms with E-state index in [2.05, 4.69) is 10.2 Å². The van der Waals surface area contributed by atoms with Gasteiger partial charge in [0.05, 0.1) is 0 Å². The fraction of sp³-hybridized carbons (Fsp3) is 0.450. The molecule has 136 valence electrons. The van der Waals surface area contributed by atoms with Crippen molar-refractivity contribution in [2.75, 3.05) is 25.0 Å². The first-order valence-electron chi connectivity index (χ1n) is 9.30. The highest BCUT2D eigenvalue weighted by atomic mass is 16.2. The molecule has 0 spiro atoms. The molecule has 0 bridgehead atoms. The Labute approximate surface area is 153 Å². The fourth-order valence-electron chi connectivity index (χ4n) is 3.60. The number of likely N-dealkylation sites (tertiary alicyclic amines) is 1. The minimum absolute atomic E-state index is 0.125. The number of rotatable bonds is 4. The van der Waals surface area contributed by atoms with Crippen LogP contribution in [-0.2, 0) is 4.79 Å². The van der Waals surface area contributed by atoms with E-state index >= 15 is 0 Å². The minimum atomic E-state index is -0.125. The van der Waals surface area contributed by atoms with Crippen molar-refractivity contribution < 1.29 is 9.59 Å². The summed E-state index contributed by atoms with van der Waals surface area (Å²) in [6, 6.07) is 11.4. The molecule has 26 heavy (non-hydrogen) atoms. The monoisotopic (exact) mass is 352 g/mol. The van der Waals surface area contributed by atoms with Gasteiger partial charge in [-0.1, -0.05) is 18.2 Å². The number of anilines is 1. The van der Waals surface area contributed by atoms with Gasteiger partial charge in [0.2, 0.25) is 5.91 Å². The van der Waals surface area contributed by atoms with Crippen molar-refractivity contribution in [1.82, 2.24) is 15.1 Å². The molecule has 1 aromatic carbocycles. The van der Waals surface area contributed by atoms with Crippen LogP contribution >= 0.6 is 0 Å². The third-order valence-corrected chi connectivity index (χ3v) is 5.44. The predicted octanol–water partition coefficient (Wildman–Crippen LogP) is 2.80. The lowest BCUT2D eigenvalue weighted by atomic mass is 9.93. The quantitative estimate of drug-likeness (QED) is 0.920. The zero-order chi connectivity index (χ0) is 18.1. The molecule has 0 radical (unpaired) electrons. The third-order valence-electron chi connectivity index (χ3n) is 5.44. The van der Waals surface area contributed by atoms with E-state index in [-0.39, 0.29) is 11.8 Å². The van der Waals surface area contributed by atoms with Crippen LogP contribution in [0, 0.1) is 5.92 Å². The number of nitrogens with one attached hydrogen (secondary N) is 1. The number of hydrogen-bond donors (Lipinski definition) is 1. The van der Waals surface area contributed by atoms with Gasteiger partial charge in [0, 0.05) is 43.4 Å². The molecule has 2 aliphatic rings. The molecule has 2 aromatic rings. The molecule has 2 fully saturated rings. The number of aromatic nitrogens is 2. The van der Waals surface area contributed by atoms with Crippen LogP contribution in [0.25, 0.3) is 0 Å². The lowest BCUT2D eigenvalue weighted by Crippen LogP contribution is -2.38. The van der Waals surface area contributed by atoms with Gasteiger partial charge in [0.15, 0.2) is 5.69 Å². The maximum Gasteiger partial charge on any atom is 0.278 e. The second-order valence-electron chi connectivity index (χ2n) is 7.28. The molecule has 6 nitrogen and oxygen atoms in total. The number of hydrogen-bond acceptors (Lipinski definition) is 3. The van der Waals surface area contributed by atoms with Crippen molar-refractivity contribution >= 4 is 17.5 Å². The van der Waals surface area contributed by atoms with E-state index in [0.29, 0.717) is 17.5 Å². The summed E-state index contributed by atoms with van der Waals surface area (Å²) in [7, 11) is 1.76. The topological polar surface area (TPSA) is 69.3 Å². The number of amides is 2. The normalized spacial score (nSPS) is 18.0. The highest BCUT2D eigenvalue weighted by molar-refractivity contribution is 6.04. The van der Waals surface area contributed by atoms with Gasteiger partial charge in [-0.15, -0.1) is 0 Å². The Bertz CT molecular complexity index is 789. The highest BCUT2D eigenvalue weighted by Crippen LogP contribution is 2.34. The van der Waals surface area contributed by atoms with Gasteiger partial charge in [0.25, 0.3) is 5.91 Å². The molecule has 6 heteroatoms. The van der Waals surface area contributed by atoms with Gasteiger partial charge in [-0.3, -0.25) is 14.7 Å². The van der Waals surface area contributed by atoms with Crippen LogP contribution in [0.5, 0.6) is 0 Å². The number of H-pyrrole nitrogens is 1. The van der Waals surface area contributed by atoms with Crippen LogP contribution < -0.4 is 4.90 Å². The number of para-hydroxylation sites is 1. The molecule has 1 saturated carbocycles. The summed E-state index contributed by atoms with van der Waals surface area (Å²) in [6.07, 6.45) is 3.95. The van der Waals surface area contributed by atoms with Gasteiger partial charge in [-0.25, -0.2) is 0 Å². The molecule has 1 saturated heterocycles. The first kappa shape index (κ1) is 16.8. The Balaban J connectivity index is 1.39. The maximum atomic E-state index is 12.7. The standard InChI is InChI=1S/C20H24N4O2/c1-23(16-5-3-2-4-6-16)20(26)18-13-17(21-22-18)14-9-11-24(12-10-14)19(25)15-7-8-15/h2-6,13-15H,7-12H2,1H3,(H,21,22). The summed E-state index contributed by atoms with van der Waals surface area (Å²) in [5, 5.41) is 7.27. The van der Waals surface area contributed by atoms with Gasteiger partial charge in [-0.05, 0) is 43.9 Å². The molecule has 1 aliphatic carbocycles. The molecule has 2 amide bonds. The van der Waals surface area contributed by atoms with Crippen molar-refractivity contribution in [3.05, 3.63) is 47.8 Å². The van der Waals surface area contributed by atoms with Crippen molar-refractivity contribution in [2.24, 2.45) is 5.92 Å². The van der Waals surface area contributed by atoms with Crippen LogP contribution in [0.2, 0.25) is 0 Å². The SMILES string of the molecule is CN(C(=O)c1cc(C2CCN(C(=O)C3CC3)CC2)[nH]n1)c1ccccc1. The minimum Gasteiger partial charge on any atom is -0.342 e. The number of carbonyl (C=O) groups is 2. The number of aromatic amines is 1. The molecule has 2 heterocycles. The van der Waals surface area contributed by atoms with Crippen LogP contribution in [-0.4, -0.2) is 47.0 Å². The molecule has 0 unspecified atom stereocenters. The molecule has 1 aliphatic heterocycles. The summed E-state index contributed by atoms with van der Waals surface area (Å²) in [5.74, 6) is 0.819. The van der Waals surface area contributed by atoms with Crippen molar-refractivity contribution in [1.29, 1.82) is 0 Å². The largest absolute Gasteiger partial charge is 0.342 e. The van der Waals surface area contributed by atoms with Gasteiger partial charge >= 0.3 is 0 Å². The van der Waals surface area contributed by atoms with Crippen molar-refractivity contribution in [3.8, 4) is 0 Å². The zero-order valence-electron chi connectivity index (χ0n) is 15.0. The molecule has 1 aromatic heterocycles. The molecule has 1 N–H and O–H groups in total. The smallest absolute Gasteiger partial charge is 0.278 e. The summed E-state index contributed by atoms with van der Waals surface area (Å²) in [4.78, 5) is 28.4. The average molecular weight is 352 g/mol. The Morgan fingerprint density at radius 2 is 1.81 bits per heavy atom. The van der Waals surface area contributed by atoms with Crippen molar-refractivity contribution in [2.45, 2.75) is 31.6 Å². The van der Waals surface area contributed by atoms with Gasteiger partial charge in [0.1, 0.15) is 0 Å². The maximum absolute atomic E-state index is 12.7. The predicted molar refractivity (Wildman–Crippen MR) is 99.0 cm³/mol. The third kappa shape index (κ3) is 3.36. The van der Waals surface area contributed by atoms with Crippen LogP contribution in [0.15, 0.2) is 36.4 Å². The van der Waals surface area contributed by atoms with Crippen LogP contribution in [0.4, 0.5) is 5.69 Å². The Hall–Kier alpha value is -2.63. The summed E-state index contributed by atoms with van der Waals surface area (Å²) in [6.45, 7) is 1.60. The lowest BCUT2D eigenvalue weighted by molar-refractivity contribution is -0.133.